The third-order valence-corrected chi connectivity index (χ3v) is 4.73. The molecule has 0 saturated heterocycles. The van der Waals surface area contributed by atoms with E-state index in [1.807, 2.05) is 0 Å². The van der Waals surface area contributed by atoms with Crippen LogP contribution in [0.4, 0.5) is 14.5 Å². The molecule has 1 aromatic carbocycles. The second kappa shape index (κ2) is 9.56. The van der Waals surface area contributed by atoms with Crippen molar-refractivity contribution >= 4 is 34.8 Å². The fourth-order valence-corrected chi connectivity index (χ4v) is 3.18. The van der Waals surface area contributed by atoms with Crippen LogP contribution < -0.4 is 14.4 Å². The predicted octanol–water partition coefficient (Wildman–Crippen LogP) is 5.03. The molecule has 1 aromatic heterocycles. The Kier molecular flexibility index (Phi) is 7.10. The van der Waals surface area contributed by atoms with E-state index >= 15 is 0 Å². The van der Waals surface area contributed by atoms with Crippen molar-refractivity contribution in [3.8, 4) is 11.5 Å². The number of benzene rings is 1. The topological polar surface area (TPSA) is 60.9 Å². The SMILES string of the molecule is COCN(C(=O)c1ccc(OC(F)F)c(OCC2CC2)c1)c1c(Cl)cncc1Cl. The van der Waals surface area contributed by atoms with Crippen LogP contribution in [0.15, 0.2) is 30.6 Å². The molecule has 0 N–H and O–H groups in total. The van der Waals surface area contributed by atoms with Gasteiger partial charge in [0.1, 0.15) is 6.73 Å². The highest BCUT2D eigenvalue weighted by molar-refractivity contribution is 6.40. The lowest BCUT2D eigenvalue weighted by atomic mass is 10.1. The number of nitrogens with zero attached hydrogens (tertiary/aromatic N) is 2. The molecular weight excluding hydrogens is 429 g/mol. The quantitative estimate of drug-likeness (QED) is 0.505. The molecule has 6 nitrogen and oxygen atoms in total. The van der Waals surface area contributed by atoms with Crippen molar-refractivity contribution in [3.05, 3.63) is 46.2 Å². The van der Waals surface area contributed by atoms with Gasteiger partial charge in [-0.25, -0.2) is 0 Å². The van der Waals surface area contributed by atoms with E-state index in [0.29, 0.717) is 12.5 Å². The van der Waals surface area contributed by atoms with Crippen LogP contribution in [-0.4, -0.2) is 38.0 Å². The zero-order valence-electron chi connectivity index (χ0n) is 15.4. The Bertz CT molecular complexity index is 861. The van der Waals surface area contributed by atoms with Gasteiger partial charge in [0.25, 0.3) is 5.91 Å². The molecule has 29 heavy (non-hydrogen) atoms. The molecule has 1 saturated carbocycles. The van der Waals surface area contributed by atoms with Gasteiger partial charge in [-0.05, 0) is 37.0 Å². The number of pyridine rings is 1. The van der Waals surface area contributed by atoms with Crippen molar-refractivity contribution in [3.63, 3.8) is 0 Å². The van der Waals surface area contributed by atoms with E-state index in [4.69, 9.17) is 32.7 Å². The number of alkyl halides is 2. The predicted molar refractivity (Wildman–Crippen MR) is 104 cm³/mol. The summed E-state index contributed by atoms with van der Waals surface area (Å²) < 4.78 is 40.7. The Labute approximate surface area is 176 Å². The van der Waals surface area contributed by atoms with Gasteiger partial charge in [-0.2, -0.15) is 8.78 Å². The Balaban J connectivity index is 1.93. The number of amides is 1. The molecule has 2 aromatic rings. The van der Waals surface area contributed by atoms with Crippen LogP contribution in [0.3, 0.4) is 0 Å². The molecule has 0 bridgehead atoms. The van der Waals surface area contributed by atoms with Gasteiger partial charge in [0, 0.05) is 25.1 Å². The normalized spacial score (nSPS) is 13.4. The van der Waals surface area contributed by atoms with Crippen molar-refractivity contribution in [1.82, 2.24) is 4.98 Å². The van der Waals surface area contributed by atoms with Gasteiger partial charge in [-0.3, -0.25) is 14.7 Å². The Morgan fingerprint density at radius 1 is 1.24 bits per heavy atom. The largest absolute Gasteiger partial charge is 0.489 e. The summed E-state index contributed by atoms with van der Waals surface area (Å²) in [5.41, 5.74) is 0.391. The third-order valence-electron chi connectivity index (χ3n) is 4.18. The number of ether oxygens (including phenoxy) is 3. The van der Waals surface area contributed by atoms with Gasteiger partial charge in [0.15, 0.2) is 11.5 Å². The van der Waals surface area contributed by atoms with E-state index in [1.54, 1.807) is 0 Å². The minimum absolute atomic E-state index is 0.0624. The minimum atomic E-state index is -3.01. The average Bonchev–Trinajstić information content (AvgIpc) is 3.50. The van der Waals surface area contributed by atoms with Gasteiger partial charge >= 0.3 is 6.61 Å². The highest BCUT2D eigenvalue weighted by Crippen LogP contribution is 2.36. The number of aromatic nitrogens is 1. The van der Waals surface area contributed by atoms with Crippen molar-refractivity contribution < 1.29 is 27.8 Å². The van der Waals surface area contributed by atoms with Gasteiger partial charge in [0.05, 0.1) is 22.3 Å². The van der Waals surface area contributed by atoms with Gasteiger partial charge < -0.3 is 14.2 Å². The number of anilines is 1. The van der Waals surface area contributed by atoms with Gasteiger partial charge in [-0.15, -0.1) is 0 Å². The summed E-state index contributed by atoms with van der Waals surface area (Å²) in [6.45, 7) is -2.80. The third kappa shape index (κ3) is 5.46. The molecule has 10 heteroatoms. The monoisotopic (exact) mass is 446 g/mol. The molecule has 3 rings (SSSR count). The first-order valence-electron chi connectivity index (χ1n) is 8.72. The maximum atomic E-state index is 13.1. The summed E-state index contributed by atoms with van der Waals surface area (Å²) in [6.07, 6.45) is 4.74. The number of methoxy groups -OCH3 is 1. The Morgan fingerprint density at radius 3 is 2.52 bits per heavy atom. The summed E-state index contributed by atoms with van der Waals surface area (Å²) in [7, 11) is 1.41. The number of hydrogen-bond acceptors (Lipinski definition) is 5. The van der Waals surface area contributed by atoms with Crippen LogP contribution in [0.1, 0.15) is 23.2 Å². The number of carbonyl (C=O) groups excluding carboxylic acids is 1. The van der Waals surface area contributed by atoms with E-state index in [-0.39, 0.29) is 39.5 Å². The number of halogens is 4. The first-order chi connectivity index (χ1) is 13.9. The zero-order chi connectivity index (χ0) is 21.0. The van der Waals surface area contributed by atoms with Crippen molar-refractivity contribution in [1.29, 1.82) is 0 Å². The van der Waals surface area contributed by atoms with Crippen molar-refractivity contribution in [2.45, 2.75) is 19.5 Å². The highest BCUT2D eigenvalue weighted by atomic mass is 35.5. The first kappa shape index (κ1) is 21.5. The van der Waals surface area contributed by atoms with Crippen LogP contribution in [0.5, 0.6) is 11.5 Å². The summed E-state index contributed by atoms with van der Waals surface area (Å²) in [5, 5.41) is 0.316. The van der Waals surface area contributed by atoms with Crippen LogP contribution in [-0.2, 0) is 4.74 Å². The van der Waals surface area contributed by atoms with E-state index in [2.05, 4.69) is 9.72 Å². The standard InChI is InChI=1S/C19H18Cl2F2N2O4/c1-27-10-25(17-13(20)7-24-8-14(17)21)18(26)12-4-5-15(29-19(22)23)16(6-12)28-9-11-2-3-11/h4-8,11,19H,2-3,9-10H2,1H3. The molecule has 1 heterocycles. The van der Waals surface area contributed by atoms with Crippen LogP contribution in [0, 0.1) is 5.92 Å². The molecule has 1 fully saturated rings. The average molecular weight is 447 g/mol. The maximum Gasteiger partial charge on any atom is 0.387 e. The number of hydrogen-bond donors (Lipinski definition) is 0. The molecule has 1 amide bonds. The molecule has 0 aliphatic heterocycles. The summed E-state index contributed by atoms with van der Waals surface area (Å²) in [4.78, 5) is 18.2. The summed E-state index contributed by atoms with van der Waals surface area (Å²) >= 11 is 12.3. The molecule has 1 aliphatic rings. The minimum Gasteiger partial charge on any atom is -0.489 e. The molecule has 0 radical (unpaired) electrons. The van der Waals surface area contributed by atoms with Crippen LogP contribution in [0.25, 0.3) is 0 Å². The Hall–Kier alpha value is -2.16. The second-order valence-electron chi connectivity index (χ2n) is 6.40. The van der Waals surface area contributed by atoms with E-state index in [0.717, 1.165) is 12.8 Å². The van der Waals surface area contributed by atoms with Gasteiger partial charge in [-0.1, -0.05) is 23.2 Å². The highest BCUT2D eigenvalue weighted by Gasteiger charge is 2.26. The number of carbonyl (C=O) groups is 1. The molecule has 1 aliphatic carbocycles. The molecule has 156 valence electrons. The summed E-state index contributed by atoms with van der Waals surface area (Å²) in [6, 6.07) is 3.98. The van der Waals surface area contributed by atoms with E-state index in [9.17, 15) is 13.6 Å². The Morgan fingerprint density at radius 2 is 1.93 bits per heavy atom. The molecular formula is C19H18Cl2F2N2O4. The van der Waals surface area contributed by atoms with E-state index in [1.165, 1.54) is 42.6 Å². The first-order valence-corrected chi connectivity index (χ1v) is 9.47. The molecule has 0 spiro atoms. The lowest BCUT2D eigenvalue weighted by Crippen LogP contribution is -2.33. The van der Waals surface area contributed by atoms with Crippen LogP contribution >= 0.6 is 23.2 Å². The zero-order valence-corrected chi connectivity index (χ0v) is 16.9. The lowest BCUT2D eigenvalue weighted by molar-refractivity contribution is -0.0515. The lowest BCUT2D eigenvalue weighted by Gasteiger charge is -2.24. The number of rotatable bonds is 9. The molecule has 0 unspecified atom stereocenters. The van der Waals surface area contributed by atoms with E-state index < -0.39 is 12.5 Å². The van der Waals surface area contributed by atoms with Crippen molar-refractivity contribution in [2.24, 2.45) is 5.92 Å². The maximum absolute atomic E-state index is 13.1. The fraction of sp³-hybridized carbons (Fsp3) is 0.368. The summed E-state index contributed by atoms with van der Waals surface area (Å²) in [5.74, 6) is -0.210. The van der Waals surface area contributed by atoms with Gasteiger partial charge in [0.2, 0.25) is 0 Å². The molecule has 0 atom stereocenters. The smallest absolute Gasteiger partial charge is 0.387 e. The second-order valence-corrected chi connectivity index (χ2v) is 7.21. The van der Waals surface area contributed by atoms with Crippen molar-refractivity contribution in [2.75, 3.05) is 25.3 Å². The van der Waals surface area contributed by atoms with Crippen LogP contribution in [0.2, 0.25) is 10.0 Å². The fourth-order valence-electron chi connectivity index (χ4n) is 2.61.